The lowest BCUT2D eigenvalue weighted by Gasteiger charge is -2.36. The summed E-state index contributed by atoms with van der Waals surface area (Å²) in [4.78, 5) is 0. The highest BCUT2D eigenvalue weighted by Crippen LogP contribution is 2.60. The van der Waals surface area contributed by atoms with E-state index in [2.05, 4.69) is 13.5 Å². The predicted octanol–water partition coefficient (Wildman–Crippen LogP) is 2.75. The summed E-state index contributed by atoms with van der Waals surface area (Å²) < 4.78 is 0. The molecular weight excluding hydrogens is 160 g/mol. The van der Waals surface area contributed by atoms with Gasteiger partial charge in [0.25, 0.3) is 0 Å². The summed E-state index contributed by atoms with van der Waals surface area (Å²) in [5, 5.41) is 8.87. The molecule has 0 aliphatic heterocycles. The molecule has 2 rings (SSSR count). The van der Waals surface area contributed by atoms with Gasteiger partial charge in [0.1, 0.15) is 0 Å². The third-order valence-electron chi connectivity index (χ3n) is 4.41. The summed E-state index contributed by atoms with van der Waals surface area (Å²) in [5.74, 6) is 1.69. The molecule has 0 amide bonds. The molecule has 0 saturated heterocycles. The first-order valence-corrected chi connectivity index (χ1v) is 5.48. The molecule has 1 nitrogen and oxygen atoms in total. The number of aliphatic hydroxyl groups excluding tert-OH is 1. The van der Waals surface area contributed by atoms with Crippen LogP contribution < -0.4 is 0 Å². The van der Waals surface area contributed by atoms with Gasteiger partial charge in [0, 0.05) is 6.61 Å². The molecule has 2 aliphatic carbocycles. The molecule has 0 aromatic carbocycles. The minimum absolute atomic E-state index is 0.334. The fourth-order valence-electron chi connectivity index (χ4n) is 3.42. The summed E-state index contributed by atoms with van der Waals surface area (Å²) >= 11 is 0. The average Bonchev–Trinajstić information content (AvgIpc) is 2.68. The van der Waals surface area contributed by atoms with Crippen molar-refractivity contribution in [3.8, 4) is 0 Å². The maximum Gasteiger partial charge on any atom is 0.0431 e. The Morgan fingerprint density at radius 2 is 2.31 bits per heavy atom. The smallest absolute Gasteiger partial charge is 0.0431 e. The normalized spacial score (nSPS) is 43.1. The molecule has 2 fully saturated rings. The molecule has 0 aromatic rings. The third kappa shape index (κ3) is 1.25. The van der Waals surface area contributed by atoms with Gasteiger partial charge >= 0.3 is 0 Å². The van der Waals surface area contributed by atoms with Crippen molar-refractivity contribution < 1.29 is 5.11 Å². The van der Waals surface area contributed by atoms with Crippen LogP contribution in [0.25, 0.3) is 0 Å². The zero-order chi connectivity index (χ0) is 9.47. The fourth-order valence-corrected chi connectivity index (χ4v) is 3.42. The molecule has 0 aromatic heterocycles. The van der Waals surface area contributed by atoms with Crippen LogP contribution in [0.1, 0.15) is 39.0 Å². The van der Waals surface area contributed by atoms with E-state index in [1.54, 1.807) is 0 Å². The molecule has 0 spiro atoms. The lowest BCUT2D eigenvalue weighted by Crippen LogP contribution is -2.26. The van der Waals surface area contributed by atoms with Gasteiger partial charge in [0.15, 0.2) is 0 Å². The van der Waals surface area contributed by atoms with Gasteiger partial charge in [-0.05, 0) is 49.4 Å². The summed E-state index contributed by atoms with van der Waals surface area (Å²) in [5.41, 5.74) is 1.85. The van der Waals surface area contributed by atoms with Crippen LogP contribution in [-0.2, 0) is 0 Å². The minimum Gasteiger partial charge on any atom is -0.396 e. The van der Waals surface area contributed by atoms with Crippen molar-refractivity contribution in [3.63, 3.8) is 0 Å². The number of hydrogen-bond donors (Lipinski definition) is 1. The van der Waals surface area contributed by atoms with Crippen LogP contribution in [-0.4, -0.2) is 11.7 Å². The number of fused-ring (bicyclic) bond motifs is 2. The van der Waals surface area contributed by atoms with Gasteiger partial charge in [-0.15, -0.1) is 0 Å². The third-order valence-corrected chi connectivity index (χ3v) is 4.41. The van der Waals surface area contributed by atoms with Crippen LogP contribution >= 0.6 is 0 Å². The number of aliphatic hydroxyl groups is 1. The predicted molar refractivity (Wildman–Crippen MR) is 54.4 cm³/mol. The average molecular weight is 180 g/mol. The van der Waals surface area contributed by atoms with Gasteiger partial charge < -0.3 is 5.11 Å². The molecule has 1 N–H and O–H groups in total. The van der Waals surface area contributed by atoms with Gasteiger partial charge in [-0.1, -0.05) is 19.1 Å². The molecule has 0 radical (unpaired) electrons. The SMILES string of the molecule is C=C1[C@H]2CC[C@H](C2)[C@@]1(C)CCCO. The Bertz CT molecular complexity index is 221. The fraction of sp³-hybridized carbons (Fsp3) is 0.833. The Kier molecular flexibility index (Phi) is 2.23. The highest BCUT2D eigenvalue weighted by atomic mass is 16.2. The van der Waals surface area contributed by atoms with Crippen molar-refractivity contribution in [2.75, 3.05) is 6.61 Å². The number of allylic oxidation sites excluding steroid dienone is 1. The molecular formula is C12H20O. The molecule has 74 valence electrons. The van der Waals surface area contributed by atoms with Gasteiger partial charge in [-0.2, -0.15) is 0 Å². The molecule has 0 unspecified atom stereocenters. The van der Waals surface area contributed by atoms with E-state index >= 15 is 0 Å². The van der Waals surface area contributed by atoms with Gasteiger partial charge in [-0.3, -0.25) is 0 Å². The lowest BCUT2D eigenvalue weighted by molar-refractivity contribution is 0.201. The van der Waals surface area contributed by atoms with Gasteiger partial charge in [0.05, 0.1) is 0 Å². The van der Waals surface area contributed by atoms with Crippen LogP contribution in [0.2, 0.25) is 0 Å². The Morgan fingerprint density at radius 3 is 2.85 bits per heavy atom. The summed E-state index contributed by atoms with van der Waals surface area (Å²) in [7, 11) is 0. The summed E-state index contributed by atoms with van der Waals surface area (Å²) in [6, 6.07) is 0. The van der Waals surface area contributed by atoms with E-state index in [4.69, 9.17) is 5.11 Å². The first-order chi connectivity index (χ1) is 6.18. The van der Waals surface area contributed by atoms with E-state index in [9.17, 15) is 0 Å². The lowest BCUT2D eigenvalue weighted by atomic mass is 9.69. The molecule has 2 bridgehead atoms. The van der Waals surface area contributed by atoms with Crippen LogP contribution in [0.3, 0.4) is 0 Å². The maximum absolute atomic E-state index is 8.87. The molecule has 13 heavy (non-hydrogen) atoms. The molecule has 0 heterocycles. The number of hydrogen-bond acceptors (Lipinski definition) is 1. The minimum atomic E-state index is 0.334. The van der Waals surface area contributed by atoms with Crippen molar-refractivity contribution in [2.45, 2.75) is 39.0 Å². The first kappa shape index (κ1) is 9.26. The zero-order valence-electron chi connectivity index (χ0n) is 8.55. The van der Waals surface area contributed by atoms with Crippen LogP contribution in [0.4, 0.5) is 0 Å². The van der Waals surface area contributed by atoms with Crippen LogP contribution in [0.15, 0.2) is 12.2 Å². The second-order valence-electron chi connectivity index (χ2n) is 4.98. The second kappa shape index (κ2) is 3.13. The van der Waals surface area contributed by atoms with E-state index in [1.165, 1.54) is 24.8 Å². The van der Waals surface area contributed by atoms with Crippen molar-refractivity contribution in [1.29, 1.82) is 0 Å². The monoisotopic (exact) mass is 180 g/mol. The van der Waals surface area contributed by atoms with Crippen LogP contribution in [0, 0.1) is 17.3 Å². The molecule has 3 atom stereocenters. The van der Waals surface area contributed by atoms with Gasteiger partial charge in [-0.25, -0.2) is 0 Å². The highest BCUT2D eigenvalue weighted by molar-refractivity contribution is 5.24. The summed E-state index contributed by atoms with van der Waals surface area (Å²) in [6.07, 6.45) is 6.23. The Morgan fingerprint density at radius 1 is 1.54 bits per heavy atom. The van der Waals surface area contributed by atoms with E-state index < -0.39 is 0 Å². The van der Waals surface area contributed by atoms with E-state index in [-0.39, 0.29) is 0 Å². The van der Waals surface area contributed by atoms with Gasteiger partial charge in [0.2, 0.25) is 0 Å². The van der Waals surface area contributed by atoms with Crippen molar-refractivity contribution in [3.05, 3.63) is 12.2 Å². The quantitative estimate of drug-likeness (QED) is 0.662. The molecule has 2 aliphatic rings. The second-order valence-corrected chi connectivity index (χ2v) is 4.98. The van der Waals surface area contributed by atoms with Crippen LogP contribution in [0.5, 0.6) is 0 Å². The van der Waals surface area contributed by atoms with Crippen molar-refractivity contribution >= 4 is 0 Å². The maximum atomic E-state index is 8.87. The van der Waals surface area contributed by atoms with Crippen molar-refractivity contribution in [2.24, 2.45) is 17.3 Å². The van der Waals surface area contributed by atoms with E-state index in [1.807, 2.05) is 0 Å². The first-order valence-electron chi connectivity index (χ1n) is 5.48. The summed E-state index contributed by atoms with van der Waals surface area (Å²) in [6.45, 7) is 6.95. The molecule has 1 heteroatoms. The largest absolute Gasteiger partial charge is 0.396 e. The van der Waals surface area contributed by atoms with E-state index in [0.717, 1.165) is 24.7 Å². The Labute approximate surface area is 80.8 Å². The Balaban J connectivity index is 2.09. The zero-order valence-corrected chi connectivity index (χ0v) is 8.55. The highest BCUT2D eigenvalue weighted by Gasteiger charge is 2.49. The standard InChI is InChI=1S/C12H20O/c1-9-10-4-5-11(8-10)12(9,2)6-3-7-13/h10-11,13H,1,3-8H2,2H3/t10-,11+,12-/m0/s1. The topological polar surface area (TPSA) is 20.2 Å². The van der Waals surface area contributed by atoms with Crippen molar-refractivity contribution in [1.82, 2.24) is 0 Å². The Hall–Kier alpha value is -0.300. The number of rotatable bonds is 3. The van der Waals surface area contributed by atoms with E-state index in [0.29, 0.717) is 12.0 Å². The molecule has 2 saturated carbocycles.